The Kier molecular flexibility index (Phi) is 3.24. The topological polar surface area (TPSA) is 63.0 Å². The molecule has 18 heavy (non-hydrogen) atoms. The van der Waals surface area contributed by atoms with Crippen LogP contribution in [0.25, 0.3) is 0 Å². The molecule has 0 amide bonds. The Labute approximate surface area is 108 Å². The largest absolute Gasteiger partial charge is 0.407 e. The summed E-state index contributed by atoms with van der Waals surface area (Å²) < 4.78 is 5.62. The lowest BCUT2D eigenvalue weighted by molar-refractivity contribution is 0.448. The average Bonchev–Trinajstić information content (AvgIpc) is 3.23. The molecule has 2 saturated carbocycles. The minimum absolute atomic E-state index is 0.430. The number of aromatic nitrogens is 2. The van der Waals surface area contributed by atoms with Crippen molar-refractivity contribution in [1.29, 1.82) is 0 Å². The molecule has 3 rings (SSSR count). The maximum atomic E-state index is 5.62. The second kappa shape index (κ2) is 4.88. The van der Waals surface area contributed by atoms with Gasteiger partial charge < -0.3 is 15.1 Å². The predicted molar refractivity (Wildman–Crippen MR) is 69.1 cm³/mol. The van der Waals surface area contributed by atoms with E-state index in [1.54, 1.807) is 0 Å². The number of nitrogens with one attached hydrogen (secondary N) is 2. The van der Waals surface area contributed by atoms with Crippen molar-refractivity contribution < 1.29 is 4.42 Å². The molecule has 0 aliphatic heterocycles. The summed E-state index contributed by atoms with van der Waals surface area (Å²) in [5, 5.41) is 14.9. The van der Waals surface area contributed by atoms with Gasteiger partial charge in [-0.3, -0.25) is 0 Å². The van der Waals surface area contributed by atoms with Crippen molar-refractivity contribution >= 4 is 6.01 Å². The number of rotatable bonds is 7. The van der Waals surface area contributed by atoms with Crippen molar-refractivity contribution in [3.8, 4) is 0 Å². The van der Waals surface area contributed by atoms with E-state index >= 15 is 0 Å². The molecule has 0 atom stereocenters. The first-order chi connectivity index (χ1) is 8.72. The van der Waals surface area contributed by atoms with Crippen LogP contribution >= 0.6 is 0 Å². The fraction of sp³-hybridized carbons (Fsp3) is 0.846. The Morgan fingerprint density at radius 3 is 2.39 bits per heavy atom. The lowest BCUT2D eigenvalue weighted by Gasteiger charge is -2.15. The average molecular weight is 250 g/mol. The van der Waals surface area contributed by atoms with Crippen LogP contribution in [-0.2, 0) is 6.54 Å². The van der Waals surface area contributed by atoms with Crippen LogP contribution < -0.4 is 10.6 Å². The van der Waals surface area contributed by atoms with Gasteiger partial charge in [-0.2, -0.15) is 0 Å². The van der Waals surface area contributed by atoms with Gasteiger partial charge in [0.1, 0.15) is 0 Å². The van der Waals surface area contributed by atoms with Crippen LogP contribution in [0.4, 0.5) is 6.01 Å². The summed E-state index contributed by atoms with van der Waals surface area (Å²) >= 11 is 0. The van der Waals surface area contributed by atoms with Crippen molar-refractivity contribution in [3.63, 3.8) is 0 Å². The standard InChI is InChI=1S/C13H22N4O/c1-8(2)14-7-11-16-17-13(18-11)15-12(9-3-4-9)10-5-6-10/h8-10,12,14H,3-7H2,1-2H3,(H,15,17). The van der Waals surface area contributed by atoms with Crippen LogP contribution in [0.1, 0.15) is 45.4 Å². The van der Waals surface area contributed by atoms with Crippen LogP contribution in [-0.4, -0.2) is 22.3 Å². The van der Waals surface area contributed by atoms with Crippen molar-refractivity contribution in [3.05, 3.63) is 5.89 Å². The fourth-order valence-corrected chi connectivity index (χ4v) is 2.35. The van der Waals surface area contributed by atoms with Gasteiger partial charge in [0.05, 0.1) is 6.54 Å². The van der Waals surface area contributed by atoms with Gasteiger partial charge in [0, 0.05) is 12.1 Å². The van der Waals surface area contributed by atoms with E-state index < -0.39 is 0 Å². The van der Waals surface area contributed by atoms with E-state index in [1.807, 2.05) is 0 Å². The third-order valence-electron chi connectivity index (χ3n) is 3.68. The third kappa shape index (κ3) is 3.02. The van der Waals surface area contributed by atoms with E-state index in [0.717, 1.165) is 11.8 Å². The van der Waals surface area contributed by atoms with Crippen molar-refractivity contribution in [2.24, 2.45) is 11.8 Å². The van der Waals surface area contributed by atoms with Crippen LogP contribution in [0, 0.1) is 11.8 Å². The zero-order valence-corrected chi connectivity index (χ0v) is 11.1. The highest BCUT2D eigenvalue weighted by Crippen LogP contribution is 2.45. The van der Waals surface area contributed by atoms with Gasteiger partial charge in [-0.1, -0.05) is 18.9 Å². The normalized spacial score (nSPS) is 19.8. The molecule has 2 aliphatic carbocycles. The van der Waals surface area contributed by atoms with Gasteiger partial charge in [0.2, 0.25) is 5.89 Å². The van der Waals surface area contributed by atoms with Crippen molar-refractivity contribution in [2.45, 2.75) is 58.2 Å². The Bertz CT molecular complexity index is 383. The van der Waals surface area contributed by atoms with E-state index in [2.05, 4.69) is 34.7 Å². The van der Waals surface area contributed by atoms with E-state index in [0.29, 0.717) is 30.5 Å². The molecule has 0 radical (unpaired) electrons. The molecule has 5 nitrogen and oxygen atoms in total. The first-order valence-corrected chi connectivity index (χ1v) is 7.04. The second-order valence-corrected chi connectivity index (χ2v) is 5.88. The molecule has 0 unspecified atom stereocenters. The summed E-state index contributed by atoms with van der Waals surface area (Å²) in [4.78, 5) is 0. The lowest BCUT2D eigenvalue weighted by atomic mass is 10.1. The van der Waals surface area contributed by atoms with E-state index in [1.165, 1.54) is 25.7 Å². The van der Waals surface area contributed by atoms with E-state index in [-0.39, 0.29) is 0 Å². The minimum atomic E-state index is 0.430. The van der Waals surface area contributed by atoms with Gasteiger partial charge >= 0.3 is 6.01 Å². The third-order valence-corrected chi connectivity index (χ3v) is 3.68. The first kappa shape index (κ1) is 12.0. The molecule has 0 aromatic carbocycles. The smallest absolute Gasteiger partial charge is 0.315 e. The highest BCUT2D eigenvalue weighted by atomic mass is 16.4. The number of hydrogen-bond donors (Lipinski definition) is 2. The molecule has 0 bridgehead atoms. The Morgan fingerprint density at radius 2 is 1.83 bits per heavy atom. The molecular weight excluding hydrogens is 228 g/mol. The van der Waals surface area contributed by atoms with Crippen LogP contribution in [0.3, 0.4) is 0 Å². The van der Waals surface area contributed by atoms with Crippen LogP contribution in [0.2, 0.25) is 0 Å². The van der Waals surface area contributed by atoms with Gasteiger partial charge in [-0.25, -0.2) is 0 Å². The molecule has 2 aliphatic rings. The second-order valence-electron chi connectivity index (χ2n) is 5.88. The monoisotopic (exact) mass is 250 g/mol. The molecule has 5 heteroatoms. The maximum absolute atomic E-state index is 5.62. The van der Waals surface area contributed by atoms with Crippen LogP contribution in [0.5, 0.6) is 0 Å². The number of hydrogen-bond acceptors (Lipinski definition) is 5. The van der Waals surface area contributed by atoms with Gasteiger partial charge in [0.15, 0.2) is 0 Å². The van der Waals surface area contributed by atoms with Gasteiger partial charge in [-0.05, 0) is 37.5 Å². The number of nitrogens with zero attached hydrogens (tertiary/aromatic N) is 2. The Morgan fingerprint density at radius 1 is 1.17 bits per heavy atom. The summed E-state index contributed by atoms with van der Waals surface area (Å²) in [6.45, 7) is 4.85. The molecule has 1 heterocycles. The fourth-order valence-electron chi connectivity index (χ4n) is 2.35. The maximum Gasteiger partial charge on any atom is 0.315 e. The molecular formula is C13H22N4O. The SMILES string of the molecule is CC(C)NCc1nnc(NC(C2CC2)C2CC2)o1. The molecule has 2 fully saturated rings. The Balaban J connectivity index is 1.55. The summed E-state index contributed by atoms with van der Waals surface area (Å²) in [5.41, 5.74) is 0. The molecule has 0 saturated heterocycles. The van der Waals surface area contributed by atoms with Crippen molar-refractivity contribution in [1.82, 2.24) is 15.5 Å². The zero-order chi connectivity index (χ0) is 12.5. The first-order valence-electron chi connectivity index (χ1n) is 7.04. The van der Waals surface area contributed by atoms with Gasteiger partial charge in [0.25, 0.3) is 0 Å². The van der Waals surface area contributed by atoms with Gasteiger partial charge in [-0.15, -0.1) is 5.10 Å². The molecule has 2 N–H and O–H groups in total. The molecule has 100 valence electrons. The highest BCUT2D eigenvalue weighted by molar-refractivity contribution is 5.23. The predicted octanol–water partition coefficient (Wildman–Crippen LogP) is 2.17. The van der Waals surface area contributed by atoms with Crippen molar-refractivity contribution in [2.75, 3.05) is 5.32 Å². The summed E-state index contributed by atoms with van der Waals surface area (Å²) in [6, 6.07) is 1.59. The summed E-state index contributed by atoms with van der Waals surface area (Å²) in [7, 11) is 0. The summed E-state index contributed by atoms with van der Waals surface area (Å²) in [5.74, 6) is 2.33. The Hall–Kier alpha value is -1.10. The van der Waals surface area contributed by atoms with E-state index in [9.17, 15) is 0 Å². The zero-order valence-electron chi connectivity index (χ0n) is 11.1. The quantitative estimate of drug-likeness (QED) is 0.776. The molecule has 1 aromatic heterocycles. The number of anilines is 1. The molecule has 0 spiro atoms. The summed E-state index contributed by atoms with van der Waals surface area (Å²) in [6.07, 6.45) is 5.41. The lowest BCUT2D eigenvalue weighted by Crippen LogP contribution is -2.24. The van der Waals surface area contributed by atoms with Crippen LogP contribution in [0.15, 0.2) is 4.42 Å². The van der Waals surface area contributed by atoms with E-state index in [4.69, 9.17) is 4.42 Å². The minimum Gasteiger partial charge on any atom is -0.407 e. The molecule has 1 aromatic rings. The highest BCUT2D eigenvalue weighted by Gasteiger charge is 2.42.